The molecular formula is C31H43N7O3. The van der Waals surface area contributed by atoms with Crippen LogP contribution < -0.4 is 5.32 Å². The molecule has 0 saturated carbocycles. The minimum Gasteiger partial charge on any atom is -0.480 e. The lowest BCUT2D eigenvalue weighted by Gasteiger charge is -2.40. The number of carboxylic acid groups (broad SMARTS) is 1. The molecular weight excluding hydrogens is 518 g/mol. The van der Waals surface area contributed by atoms with Crippen LogP contribution in [0, 0.1) is 17.3 Å². The molecule has 4 N–H and O–H groups in total. The van der Waals surface area contributed by atoms with Crippen LogP contribution >= 0.6 is 0 Å². The van der Waals surface area contributed by atoms with Crippen molar-refractivity contribution in [2.45, 2.75) is 58.5 Å². The van der Waals surface area contributed by atoms with Crippen LogP contribution in [0.15, 0.2) is 49.1 Å². The maximum Gasteiger partial charge on any atom is 0.320 e. The fourth-order valence-electron chi connectivity index (χ4n) is 6.56. The van der Waals surface area contributed by atoms with Crippen LogP contribution in [-0.4, -0.2) is 85.5 Å². The lowest BCUT2D eigenvalue weighted by atomic mass is 9.76. The van der Waals surface area contributed by atoms with E-state index in [0.29, 0.717) is 37.4 Å². The highest BCUT2D eigenvalue weighted by atomic mass is 16.4. The summed E-state index contributed by atoms with van der Waals surface area (Å²) in [5, 5.41) is 13.1. The number of hydrogen-bond donors (Lipinski definition) is 4. The Hall–Kier alpha value is -3.50. The molecule has 220 valence electrons. The van der Waals surface area contributed by atoms with Gasteiger partial charge in [0.1, 0.15) is 17.7 Å². The molecule has 10 heteroatoms. The third-order valence-electron chi connectivity index (χ3n) is 8.66. The van der Waals surface area contributed by atoms with Crippen molar-refractivity contribution in [2.75, 3.05) is 32.7 Å². The highest BCUT2D eigenvalue weighted by Crippen LogP contribution is 2.44. The van der Waals surface area contributed by atoms with Gasteiger partial charge in [-0.3, -0.25) is 14.5 Å². The van der Waals surface area contributed by atoms with Crippen LogP contribution in [-0.2, 0) is 24.2 Å². The zero-order valence-corrected chi connectivity index (χ0v) is 24.2. The summed E-state index contributed by atoms with van der Waals surface area (Å²) in [6.45, 7) is 9.58. The molecule has 41 heavy (non-hydrogen) atoms. The average Bonchev–Trinajstić information content (AvgIpc) is 3.72. The summed E-state index contributed by atoms with van der Waals surface area (Å²) in [6.07, 6.45) is 11.3. The van der Waals surface area contributed by atoms with Crippen molar-refractivity contribution in [3.05, 3.63) is 71.8 Å². The Morgan fingerprint density at radius 2 is 1.68 bits per heavy atom. The summed E-state index contributed by atoms with van der Waals surface area (Å²) in [6, 6.07) is 7.12. The van der Waals surface area contributed by atoms with Gasteiger partial charge < -0.3 is 25.3 Å². The number of amides is 1. The first kappa shape index (κ1) is 29.0. The smallest absolute Gasteiger partial charge is 0.320 e. The number of carbonyl (C=O) groups is 2. The van der Waals surface area contributed by atoms with Gasteiger partial charge in [-0.05, 0) is 67.3 Å². The van der Waals surface area contributed by atoms with E-state index in [0.717, 1.165) is 62.7 Å². The minimum absolute atomic E-state index is 0.0815. The highest BCUT2D eigenvalue weighted by Gasteiger charge is 2.47. The molecule has 3 aromatic rings. The summed E-state index contributed by atoms with van der Waals surface area (Å²) < 4.78 is 0. The SMILES string of the molecule is CC(C)CN1CCC2(CC1)CC(C(=O)O)N(Cc1ccc(C(=O)NCC(Cc3ncc[nH]3)Cc3ncc[nH]3)cc1)C2. The van der Waals surface area contributed by atoms with E-state index in [2.05, 4.69) is 48.9 Å². The summed E-state index contributed by atoms with van der Waals surface area (Å²) >= 11 is 0. The molecule has 10 nitrogen and oxygen atoms in total. The highest BCUT2D eigenvalue weighted by molar-refractivity contribution is 5.94. The first-order valence-corrected chi connectivity index (χ1v) is 14.8. The molecule has 0 aliphatic carbocycles. The van der Waals surface area contributed by atoms with Gasteiger partial charge in [-0.15, -0.1) is 0 Å². The number of aliphatic carboxylic acids is 1. The van der Waals surface area contributed by atoms with E-state index in [1.54, 1.807) is 24.8 Å². The fourth-order valence-corrected chi connectivity index (χ4v) is 6.56. The van der Waals surface area contributed by atoms with E-state index in [1.165, 1.54) is 0 Å². The monoisotopic (exact) mass is 561 g/mol. The van der Waals surface area contributed by atoms with Gasteiger partial charge >= 0.3 is 5.97 Å². The summed E-state index contributed by atoms with van der Waals surface area (Å²) in [4.78, 5) is 44.8. The Labute approximate surface area is 242 Å². The number of H-pyrrole nitrogens is 2. The number of rotatable bonds is 12. The Kier molecular flexibility index (Phi) is 9.19. The number of likely N-dealkylation sites (tertiary alicyclic amines) is 2. The van der Waals surface area contributed by atoms with E-state index in [-0.39, 0.29) is 17.2 Å². The lowest BCUT2D eigenvalue weighted by molar-refractivity contribution is -0.142. The molecule has 2 fully saturated rings. The van der Waals surface area contributed by atoms with Gasteiger partial charge in [-0.25, -0.2) is 9.97 Å². The Balaban J connectivity index is 1.16. The molecule has 0 radical (unpaired) electrons. The van der Waals surface area contributed by atoms with Crippen LogP contribution in [0.2, 0.25) is 0 Å². The van der Waals surface area contributed by atoms with Crippen molar-refractivity contribution < 1.29 is 14.7 Å². The number of nitrogens with zero attached hydrogens (tertiary/aromatic N) is 4. The average molecular weight is 562 g/mol. The number of carboxylic acids is 1. The van der Waals surface area contributed by atoms with Gasteiger partial charge in [0, 0.05) is 69.4 Å². The van der Waals surface area contributed by atoms with E-state index < -0.39 is 12.0 Å². The van der Waals surface area contributed by atoms with E-state index in [9.17, 15) is 14.7 Å². The third kappa shape index (κ3) is 7.62. The summed E-state index contributed by atoms with van der Waals surface area (Å²) in [5.41, 5.74) is 1.70. The number of aromatic amines is 2. The first-order chi connectivity index (χ1) is 19.8. The normalized spacial score (nSPS) is 19.4. The Bertz CT molecular complexity index is 1210. The Morgan fingerprint density at radius 3 is 2.22 bits per heavy atom. The molecule has 1 spiro atoms. The number of hydrogen-bond acceptors (Lipinski definition) is 6. The second kappa shape index (κ2) is 13.0. The maximum atomic E-state index is 13.0. The number of imidazole rings is 2. The van der Waals surface area contributed by atoms with Crippen molar-refractivity contribution in [3.63, 3.8) is 0 Å². The van der Waals surface area contributed by atoms with Crippen LogP contribution in [0.5, 0.6) is 0 Å². The molecule has 1 amide bonds. The van der Waals surface area contributed by atoms with Crippen LogP contribution in [0.4, 0.5) is 0 Å². The van der Waals surface area contributed by atoms with Gasteiger partial charge in [0.15, 0.2) is 0 Å². The number of aromatic nitrogens is 4. The predicted molar refractivity (Wildman–Crippen MR) is 156 cm³/mol. The molecule has 1 atom stereocenters. The van der Waals surface area contributed by atoms with Gasteiger partial charge in [0.25, 0.3) is 5.91 Å². The number of carbonyl (C=O) groups excluding carboxylic acids is 1. The van der Waals surface area contributed by atoms with Gasteiger partial charge in [-0.2, -0.15) is 0 Å². The first-order valence-electron chi connectivity index (χ1n) is 14.8. The molecule has 2 aliphatic rings. The van der Waals surface area contributed by atoms with Crippen molar-refractivity contribution in [1.82, 2.24) is 35.1 Å². The summed E-state index contributed by atoms with van der Waals surface area (Å²) in [7, 11) is 0. The molecule has 0 bridgehead atoms. The molecule has 1 unspecified atom stereocenters. The zero-order valence-electron chi connectivity index (χ0n) is 24.2. The molecule has 2 aliphatic heterocycles. The Morgan fingerprint density at radius 1 is 1.05 bits per heavy atom. The molecule has 2 saturated heterocycles. The van der Waals surface area contributed by atoms with Crippen molar-refractivity contribution in [2.24, 2.45) is 17.3 Å². The maximum absolute atomic E-state index is 13.0. The number of piperidine rings is 1. The van der Waals surface area contributed by atoms with Crippen molar-refractivity contribution >= 4 is 11.9 Å². The van der Waals surface area contributed by atoms with Crippen LogP contribution in [0.25, 0.3) is 0 Å². The quantitative estimate of drug-likeness (QED) is 0.267. The second-order valence-electron chi connectivity index (χ2n) is 12.4. The molecule has 4 heterocycles. The van der Waals surface area contributed by atoms with Crippen LogP contribution in [0.1, 0.15) is 60.7 Å². The van der Waals surface area contributed by atoms with E-state index in [1.807, 2.05) is 24.3 Å². The van der Waals surface area contributed by atoms with Gasteiger partial charge in [-0.1, -0.05) is 26.0 Å². The molecule has 1 aromatic carbocycles. The number of benzene rings is 1. The van der Waals surface area contributed by atoms with Gasteiger partial charge in [0.2, 0.25) is 0 Å². The van der Waals surface area contributed by atoms with Crippen molar-refractivity contribution in [3.8, 4) is 0 Å². The molecule has 5 rings (SSSR count). The van der Waals surface area contributed by atoms with E-state index >= 15 is 0 Å². The summed E-state index contributed by atoms with van der Waals surface area (Å²) in [5.74, 6) is 1.67. The van der Waals surface area contributed by atoms with Gasteiger partial charge in [0.05, 0.1) is 0 Å². The minimum atomic E-state index is -0.735. The lowest BCUT2D eigenvalue weighted by Crippen LogP contribution is -2.42. The van der Waals surface area contributed by atoms with E-state index in [4.69, 9.17) is 0 Å². The van der Waals surface area contributed by atoms with Crippen molar-refractivity contribution in [1.29, 1.82) is 0 Å². The number of nitrogens with one attached hydrogen (secondary N) is 3. The van der Waals surface area contributed by atoms with Crippen LogP contribution in [0.3, 0.4) is 0 Å². The third-order valence-corrected chi connectivity index (χ3v) is 8.66. The predicted octanol–water partition coefficient (Wildman–Crippen LogP) is 3.36. The molecule has 2 aromatic heterocycles. The fraction of sp³-hybridized carbons (Fsp3) is 0.548. The zero-order chi connectivity index (χ0) is 28.8. The largest absolute Gasteiger partial charge is 0.480 e. The second-order valence-corrected chi connectivity index (χ2v) is 12.4. The standard InChI is InChI=1S/C31H43N7O3/c1-22(2)19-37-13-7-31(8-14-37)17-26(30(40)41)38(21-31)20-23-3-5-25(6-4-23)29(39)36-18-24(15-27-32-9-10-33-27)16-28-34-11-12-35-28/h3-6,9-12,22,24,26H,7-8,13-21H2,1-2H3,(H,32,33)(H,34,35)(H,36,39)(H,40,41). The topological polar surface area (TPSA) is 130 Å².